The number of nitrogens with zero attached hydrogens (tertiary/aromatic N) is 2. The third-order valence-corrected chi connectivity index (χ3v) is 5.40. The van der Waals surface area contributed by atoms with Gasteiger partial charge in [0.05, 0.1) is 6.54 Å². The SMILES string of the molecule is O=C(C1CCCCC1)N1CCN=C1SCc1ccccc1F. The molecule has 1 aromatic carbocycles. The van der Waals surface area contributed by atoms with Gasteiger partial charge in [-0.15, -0.1) is 0 Å². The number of amidine groups is 1. The molecule has 3 nitrogen and oxygen atoms in total. The molecule has 0 aromatic heterocycles. The molecule has 1 heterocycles. The van der Waals surface area contributed by atoms with Crippen molar-refractivity contribution >= 4 is 22.8 Å². The van der Waals surface area contributed by atoms with Crippen LogP contribution in [0.5, 0.6) is 0 Å². The smallest absolute Gasteiger partial charge is 0.231 e. The summed E-state index contributed by atoms with van der Waals surface area (Å²) in [6.07, 6.45) is 5.55. The zero-order chi connectivity index (χ0) is 15.4. The molecule has 2 aliphatic rings. The Kier molecular flexibility index (Phi) is 5.13. The Bertz CT molecular complexity index is 570. The Morgan fingerprint density at radius 1 is 1.27 bits per heavy atom. The number of carbonyl (C=O) groups excluding carboxylic acids is 1. The summed E-state index contributed by atoms with van der Waals surface area (Å²) in [5, 5.41) is 0.763. The van der Waals surface area contributed by atoms with Crippen molar-refractivity contribution < 1.29 is 9.18 Å². The van der Waals surface area contributed by atoms with Gasteiger partial charge in [-0.25, -0.2) is 4.39 Å². The van der Waals surface area contributed by atoms with Crippen molar-refractivity contribution in [3.8, 4) is 0 Å². The van der Waals surface area contributed by atoms with Gasteiger partial charge in [-0.3, -0.25) is 14.7 Å². The molecule has 0 spiro atoms. The van der Waals surface area contributed by atoms with Gasteiger partial charge in [0.2, 0.25) is 5.91 Å². The summed E-state index contributed by atoms with van der Waals surface area (Å²) in [6.45, 7) is 1.34. The van der Waals surface area contributed by atoms with Gasteiger partial charge >= 0.3 is 0 Å². The number of benzene rings is 1. The monoisotopic (exact) mass is 320 g/mol. The second kappa shape index (κ2) is 7.27. The zero-order valence-electron chi connectivity index (χ0n) is 12.6. The van der Waals surface area contributed by atoms with E-state index in [0.29, 0.717) is 24.4 Å². The molecule has 1 aromatic rings. The standard InChI is InChI=1S/C17H21FN2OS/c18-15-9-5-4-8-14(15)12-22-17-19-10-11-20(17)16(21)13-6-2-1-3-7-13/h4-5,8-9,13H,1-3,6-7,10-12H2. The number of thioether (sulfide) groups is 1. The van der Waals surface area contributed by atoms with Crippen molar-refractivity contribution in [1.29, 1.82) is 0 Å². The fraction of sp³-hybridized carbons (Fsp3) is 0.529. The molecule has 22 heavy (non-hydrogen) atoms. The van der Waals surface area contributed by atoms with Crippen LogP contribution >= 0.6 is 11.8 Å². The first-order chi connectivity index (χ1) is 10.8. The molecule has 0 saturated heterocycles. The molecule has 118 valence electrons. The highest BCUT2D eigenvalue weighted by Gasteiger charge is 2.30. The quantitative estimate of drug-likeness (QED) is 0.848. The minimum Gasteiger partial charge on any atom is -0.289 e. The number of hydrogen-bond donors (Lipinski definition) is 0. The lowest BCUT2D eigenvalue weighted by atomic mass is 9.88. The number of halogens is 1. The fourth-order valence-corrected chi connectivity index (χ4v) is 4.12. The number of hydrogen-bond acceptors (Lipinski definition) is 3. The maximum atomic E-state index is 13.7. The van der Waals surface area contributed by atoms with Crippen LogP contribution < -0.4 is 0 Å². The van der Waals surface area contributed by atoms with E-state index in [1.54, 1.807) is 12.1 Å². The van der Waals surface area contributed by atoms with Crippen molar-refractivity contribution in [3.63, 3.8) is 0 Å². The minimum absolute atomic E-state index is 0.158. The lowest BCUT2D eigenvalue weighted by molar-refractivity contribution is -0.132. The van der Waals surface area contributed by atoms with Crippen LogP contribution in [0.4, 0.5) is 4.39 Å². The Hall–Kier alpha value is -1.36. The van der Waals surface area contributed by atoms with Crippen LogP contribution in [0.1, 0.15) is 37.7 Å². The fourth-order valence-electron chi connectivity index (χ4n) is 3.08. The van der Waals surface area contributed by atoms with Crippen LogP contribution in [0, 0.1) is 11.7 Å². The van der Waals surface area contributed by atoms with Crippen LogP contribution in [0.2, 0.25) is 0 Å². The topological polar surface area (TPSA) is 32.7 Å². The molecule has 0 N–H and O–H groups in total. The first-order valence-electron chi connectivity index (χ1n) is 7.98. The third-order valence-electron chi connectivity index (χ3n) is 4.34. The van der Waals surface area contributed by atoms with E-state index in [-0.39, 0.29) is 17.6 Å². The van der Waals surface area contributed by atoms with E-state index in [1.165, 1.54) is 24.2 Å². The molecule has 3 rings (SSSR count). The first kappa shape index (κ1) is 15.5. The maximum Gasteiger partial charge on any atom is 0.231 e. The van der Waals surface area contributed by atoms with Gasteiger partial charge in [0, 0.05) is 18.2 Å². The second-order valence-corrected chi connectivity index (χ2v) is 6.81. The van der Waals surface area contributed by atoms with E-state index in [1.807, 2.05) is 11.0 Å². The number of carbonyl (C=O) groups is 1. The summed E-state index contributed by atoms with van der Waals surface area (Å²) in [5.74, 6) is 0.696. The maximum absolute atomic E-state index is 13.7. The van der Waals surface area contributed by atoms with Crippen LogP contribution in [0.25, 0.3) is 0 Å². The molecule has 1 aliphatic heterocycles. The van der Waals surface area contributed by atoms with Gasteiger partial charge in [-0.1, -0.05) is 49.2 Å². The second-order valence-electron chi connectivity index (χ2n) is 5.87. The normalized spacial score (nSPS) is 19.3. The van der Waals surface area contributed by atoms with Crippen molar-refractivity contribution in [2.24, 2.45) is 10.9 Å². The summed E-state index contributed by atoms with van der Waals surface area (Å²) in [6, 6.07) is 6.78. The number of aliphatic imine (C=N–C) groups is 1. The third kappa shape index (κ3) is 3.51. The van der Waals surface area contributed by atoms with Gasteiger partial charge in [0.1, 0.15) is 5.82 Å². The van der Waals surface area contributed by atoms with E-state index in [4.69, 9.17) is 0 Å². The molecule has 1 amide bonds. The summed E-state index contributed by atoms with van der Waals surface area (Å²) >= 11 is 1.47. The molecule has 1 aliphatic carbocycles. The largest absolute Gasteiger partial charge is 0.289 e. The van der Waals surface area contributed by atoms with Crippen molar-refractivity contribution in [1.82, 2.24) is 4.90 Å². The molecule has 5 heteroatoms. The Morgan fingerprint density at radius 3 is 2.82 bits per heavy atom. The predicted octanol–water partition coefficient (Wildman–Crippen LogP) is 3.84. The van der Waals surface area contributed by atoms with Crippen LogP contribution in [0.15, 0.2) is 29.3 Å². The van der Waals surface area contributed by atoms with Crippen molar-refractivity contribution in [2.45, 2.75) is 37.9 Å². The van der Waals surface area contributed by atoms with Gasteiger partial charge in [-0.2, -0.15) is 0 Å². The summed E-state index contributed by atoms with van der Waals surface area (Å²) in [4.78, 5) is 18.9. The Balaban J connectivity index is 1.61. The number of amides is 1. The minimum atomic E-state index is -0.196. The molecule has 0 atom stereocenters. The zero-order valence-corrected chi connectivity index (χ0v) is 13.4. The van der Waals surface area contributed by atoms with Crippen LogP contribution in [-0.2, 0) is 10.5 Å². The van der Waals surface area contributed by atoms with Crippen LogP contribution in [-0.4, -0.2) is 29.1 Å². The van der Waals surface area contributed by atoms with Gasteiger partial charge in [0.15, 0.2) is 5.17 Å². The lowest BCUT2D eigenvalue weighted by Gasteiger charge is -2.26. The lowest BCUT2D eigenvalue weighted by Crippen LogP contribution is -2.38. The molecule has 0 unspecified atom stereocenters. The molecular formula is C17H21FN2OS. The van der Waals surface area contributed by atoms with Gasteiger partial charge in [-0.05, 0) is 24.5 Å². The first-order valence-corrected chi connectivity index (χ1v) is 8.96. The Labute approximate surface area is 135 Å². The highest BCUT2D eigenvalue weighted by atomic mass is 32.2. The molecule has 1 saturated carbocycles. The molecular weight excluding hydrogens is 299 g/mol. The van der Waals surface area contributed by atoms with E-state index in [9.17, 15) is 9.18 Å². The van der Waals surface area contributed by atoms with E-state index in [2.05, 4.69) is 4.99 Å². The highest BCUT2D eigenvalue weighted by molar-refractivity contribution is 8.13. The van der Waals surface area contributed by atoms with Crippen molar-refractivity contribution in [2.75, 3.05) is 13.1 Å². The number of rotatable bonds is 3. The summed E-state index contributed by atoms with van der Waals surface area (Å²) < 4.78 is 13.7. The Morgan fingerprint density at radius 2 is 2.05 bits per heavy atom. The van der Waals surface area contributed by atoms with E-state index in [0.717, 1.165) is 30.9 Å². The van der Waals surface area contributed by atoms with E-state index < -0.39 is 0 Å². The van der Waals surface area contributed by atoms with Gasteiger partial charge in [0.25, 0.3) is 0 Å². The van der Waals surface area contributed by atoms with Crippen molar-refractivity contribution in [3.05, 3.63) is 35.6 Å². The van der Waals surface area contributed by atoms with E-state index >= 15 is 0 Å². The average molecular weight is 320 g/mol. The molecule has 0 radical (unpaired) electrons. The molecule has 1 fully saturated rings. The average Bonchev–Trinajstić information content (AvgIpc) is 3.03. The summed E-state index contributed by atoms with van der Waals surface area (Å²) in [5.41, 5.74) is 0.659. The van der Waals surface area contributed by atoms with Crippen LogP contribution in [0.3, 0.4) is 0 Å². The predicted molar refractivity (Wildman–Crippen MR) is 88.3 cm³/mol. The summed E-state index contributed by atoms with van der Waals surface area (Å²) in [7, 11) is 0. The molecule has 0 bridgehead atoms. The highest BCUT2D eigenvalue weighted by Crippen LogP contribution is 2.28. The van der Waals surface area contributed by atoms with Gasteiger partial charge < -0.3 is 0 Å².